The molecule has 3 rings (SSSR count). The normalized spacial score (nSPS) is 14.5. The second kappa shape index (κ2) is 4.25. The lowest BCUT2D eigenvalue weighted by Gasteiger charge is -1.99. The van der Waals surface area contributed by atoms with Gasteiger partial charge in [-0.15, -0.1) is 0 Å². The summed E-state index contributed by atoms with van der Waals surface area (Å²) in [4.78, 5) is 19.7. The monoisotopic (exact) mass is 244 g/mol. The third-order valence-electron chi connectivity index (χ3n) is 2.92. The van der Waals surface area contributed by atoms with E-state index in [9.17, 15) is 4.79 Å². The van der Waals surface area contributed by atoms with Gasteiger partial charge < -0.3 is 9.15 Å². The summed E-state index contributed by atoms with van der Waals surface area (Å²) in [5.74, 6) is 0.487. The molecule has 92 valence electrons. The molecular weight excluding hydrogens is 232 g/mol. The van der Waals surface area contributed by atoms with Gasteiger partial charge in [-0.25, -0.2) is 9.78 Å². The summed E-state index contributed by atoms with van der Waals surface area (Å²) >= 11 is 0. The summed E-state index contributed by atoms with van der Waals surface area (Å²) in [7, 11) is 1.31. The fraction of sp³-hybridized carbons (Fsp3) is 0.308. The van der Waals surface area contributed by atoms with E-state index in [4.69, 9.17) is 4.42 Å². The summed E-state index contributed by atoms with van der Waals surface area (Å²) < 4.78 is 9.87. The lowest BCUT2D eigenvalue weighted by atomic mass is 10.2. The first kappa shape index (κ1) is 11.0. The fourth-order valence-corrected chi connectivity index (χ4v) is 1.79. The lowest BCUT2D eigenvalue weighted by Crippen LogP contribution is -2.01. The van der Waals surface area contributed by atoms with Crippen molar-refractivity contribution in [2.24, 2.45) is 0 Å². The van der Waals surface area contributed by atoms with Gasteiger partial charge in [-0.2, -0.15) is 0 Å². The molecule has 5 heteroatoms. The molecule has 18 heavy (non-hydrogen) atoms. The standard InChI is InChI=1S/C13H12N2O3/c1-17-13(16)11-7-18-12(15-11)9-4-5-14-10(6-9)8-2-3-8/h4-8H,2-3H2,1H3. The van der Waals surface area contributed by atoms with Crippen LogP contribution in [0.2, 0.25) is 0 Å². The first-order valence-electron chi connectivity index (χ1n) is 5.78. The Hall–Kier alpha value is -2.17. The van der Waals surface area contributed by atoms with Gasteiger partial charge in [0.15, 0.2) is 5.69 Å². The number of oxazole rings is 1. The largest absolute Gasteiger partial charge is 0.464 e. The number of nitrogens with zero attached hydrogens (tertiary/aromatic N) is 2. The Bertz CT molecular complexity index is 587. The maximum atomic E-state index is 11.3. The summed E-state index contributed by atoms with van der Waals surface area (Å²) in [5.41, 5.74) is 2.07. The van der Waals surface area contributed by atoms with Crippen molar-refractivity contribution in [2.75, 3.05) is 7.11 Å². The van der Waals surface area contributed by atoms with Crippen LogP contribution < -0.4 is 0 Å². The molecule has 0 spiro atoms. The minimum Gasteiger partial charge on any atom is -0.464 e. The van der Waals surface area contributed by atoms with Crippen LogP contribution in [-0.2, 0) is 4.74 Å². The highest BCUT2D eigenvalue weighted by Gasteiger charge is 2.25. The van der Waals surface area contributed by atoms with Gasteiger partial charge >= 0.3 is 5.97 Å². The van der Waals surface area contributed by atoms with Gasteiger partial charge in [0.05, 0.1) is 7.11 Å². The molecule has 1 aliphatic carbocycles. The first-order valence-corrected chi connectivity index (χ1v) is 5.78. The molecule has 2 aromatic rings. The number of hydrogen-bond acceptors (Lipinski definition) is 5. The Labute approximate surface area is 104 Å². The number of aromatic nitrogens is 2. The van der Waals surface area contributed by atoms with Gasteiger partial charge in [-0.05, 0) is 25.0 Å². The number of hydrogen-bond donors (Lipinski definition) is 0. The smallest absolute Gasteiger partial charge is 0.360 e. The molecule has 5 nitrogen and oxygen atoms in total. The minimum atomic E-state index is -0.499. The van der Waals surface area contributed by atoms with Gasteiger partial charge in [0.2, 0.25) is 5.89 Å². The number of ether oxygens (including phenoxy) is 1. The summed E-state index contributed by atoms with van der Waals surface area (Å²) in [6, 6.07) is 3.78. The zero-order valence-corrected chi connectivity index (χ0v) is 9.92. The molecule has 2 heterocycles. The Balaban J connectivity index is 1.91. The Kier molecular flexibility index (Phi) is 2.59. The SMILES string of the molecule is COC(=O)c1coc(-c2ccnc(C3CC3)c2)n1. The maximum absolute atomic E-state index is 11.3. The zero-order chi connectivity index (χ0) is 12.5. The highest BCUT2D eigenvalue weighted by molar-refractivity contribution is 5.87. The number of carbonyl (C=O) groups is 1. The molecule has 0 unspecified atom stereocenters. The van der Waals surface area contributed by atoms with Crippen LogP contribution in [0.1, 0.15) is 34.9 Å². The van der Waals surface area contributed by atoms with Crippen molar-refractivity contribution in [2.45, 2.75) is 18.8 Å². The number of rotatable bonds is 3. The van der Waals surface area contributed by atoms with Crippen molar-refractivity contribution in [1.29, 1.82) is 0 Å². The van der Waals surface area contributed by atoms with Crippen LogP contribution in [0.5, 0.6) is 0 Å². The van der Waals surface area contributed by atoms with Crippen molar-refractivity contribution in [3.8, 4) is 11.5 Å². The van der Waals surface area contributed by atoms with E-state index >= 15 is 0 Å². The number of methoxy groups -OCH3 is 1. The third kappa shape index (κ3) is 1.99. The van der Waals surface area contributed by atoms with Crippen molar-refractivity contribution in [1.82, 2.24) is 9.97 Å². The van der Waals surface area contributed by atoms with Crippen LogP contribution in [0.3, 0.4) is 0 Å². The van der Waals surface area contributed by atoms with Gasteiger partial charge in [0.1, 0.15) is 6.26 Å². The van der Waals surface area contributed by atoms with Crippen LogP contribution in [0.15, 0.2) is 29.0 Å². The number of esters is 1. The van der Waals surface area contributed by atoms with E-state index in [1.165, 1.54) is 26.2 Å². The molecule has 0 atom stereocenters. The molecule has 1 aliphatic rings. The molecule has 0 N–H and O–H groups in total. The highest BCUT2D eigenvalue weighted by Crippen LogP contribution is 2.39. The molecule has 0 aliphatic heterocycles. The van der Waals surface area contributed by atoms with Gasteiger partial charge in [-0.3, -0.25) is 4.98 Å². The average Bonchev–Trinajstić information content (AvgIpc) is 3.15. The Morgan fingerprint density at radius 1 is 1.50 bits per heavy atom. The topological polar surface area (TPSA) is 65.2 Å². The zero-order valence-electron chi connectivity index (χ0n) is 9.92. The molecule has 0 bridgehead atoms. The Morgan fingerprint density at radius 2 is 2.33 bits per heavy atom. The summed E-state index contributed by atoms with van der Waals surface area (Å²) in [6.07, 6.45) is 5.42. The second-order valence-electron chi connectivity index (χ2n) is 4.27. The van der Waals surface area contributed by atoms with Crippen molar-refractivity contribution >= 4 is 5.97 Å². The van der Waals surface area contributed by atoms with Gasteiger partial charge in [-0.1, -0.05) is 0 Å². The minimum absolute atomic E-state index is 0.178. The molecule has 0 amide bonds. The quantitative estimate of drug-likeness (QED) is 0.775. The lowest BCUT2D eigenvalue weighted by molar-refractivity contribution is 0.0594. The predicted molar refractivity (Wildman–Crippen MR) is 63.0 cm³/mol. The molecule has 1 fully saturated rings. The van der Waals surface area contributed by atoms with Crippen LogP contribution >= 0.6 is 0 Å². The van der Waals surface area contributed by atoms with E-state index in [0.717, 1.165) is 11.3 Å². The van der Waals surface area contributed by atoms with Crippen molar-refractivity contribution in [3.05, 3.63) is 36.0 Å². The van der Waals surface area contributed by atoms with E-state index in [1.807, 2.05) is 12.1 Å². The maximum Gasteiger partial charge on any atom is 0.360 e. The molecule has 0 saturated heterocycles. The summed E-state index contributed by atoms with van der Waals surface area (Å²) in [5, 5.41) is 0. The van der Waals surface area contributed by atoms with E-state index in [-0.39, 0.29) is 5.69 Å². The van der Waals surface area contributed by atoms with Crippen molar-refractivity contribution in [3.63, 3.8) is 0 Å². The Morgan fingerprint density at radius 3 is 3.06 bits per heavy atom. The van der Waals surface area contributed by atoms with Gasteiger partial charge in [0, 0.05) is 23.4 Å². The van der Waals surface area contributed by atoms with Crippen LogP contribution in [0.4, 0.5) is 0 Å². The molecular formula is C13H12N2O3. The second-order valence-corrected chi connectivity index (χ2v) is 4.27. The highest BCUT2D eigenvalue weighted by atomic mass is 16.5. The molecule has 1 saturated carbocycles. The third-order valence-corrected chi connectivity index (χ3v) is 2.92. The first-order chi connectivity index (χ1) is 8.78. The van der Waals surface area contributed by atoms with Gasteiger partial charge in [0.25, 0.3) is 0 Å². The van der Waals surface area contributed by atoms with Crippen LogP contribution in [-0.4, -0.2) is 23.0 Å². The summed E-state index contributed by atoms with van der Waals surface area (Å²) in [6.45, 7) is 0. The van der Waals surface area contributed by atoms with Crippen LogP contribution in [0.25, 0.3) is 11.5 Å². The molecule has 0 radical (unpaired) electrons. The molecule has 2 aromatic heterocycles. The average molecular weight is 244 g/mol. The molecule has 0 aromatic carbocycles. The van der Waals surface area contributed by atoms with E-state index < -0.39 is 5.97 Å². The number of pyridine rings is 1. The van der Waals surface area contributed by atoms with Crippen molar-refractivity contribution < 1.29 is 13.9 Å². The van der Waals surface area contributed by atoms with Crippen LogP contribution in [0, 0.1) is 0 Å². The number of carbonyl (C=O) groups excluding carboxylic acids is 1. The predicted octanol–water partition coefficient (Wildman–Crippen LogP) is 2.40. The van der Waals surface area contributed by atoms with E-state index in [1.54, 1.807) is 6.20 Å². The fourth-order valence-electron chi connectivity index (χ4n) is 1.79. The van der Waals surface area contributed by atoms with E-state index in [0.29, 0.717) is 11.8 Å². The van der Waals surface area contributed by atoms with E-state index in [2.05, 4.69) is 14.7 Å².